The average Bonchev–Trinajstić information content (AvgIpc) is 2.92. The van der Waals surface area contributed by atoms with Gasteiger partial charge in [-0.1, -0.05) is 66.0 Å². The van der Waals surface area contributed by atoms with Crippen LogP contribution in [-0.2, 0) is 26.2 Å². The molecule has 3 rings (SSSR count). The predicted octanol–water partition coefficient (Wildman–Crippen LogP) is 5.97. The largest absolute Gasteiger partial charge is 0.352 e. The van der Waals surface area contributed by atoms with Crippen LogP contribution in [0.15, 0.2) is 71.6 Å². The van der Waals surface area contributed by atoms with Crippen molar-refractivity contribution >= 4 is 50.7 Å². The van der Waals surface area contributed by atoms with Crippen LogP contribution in [0.3, 0.4) is 0 Å². The number of carbonyl (C=O) groups excluding carboxylic acids is 2. The zero-order valence-electron chi connectivity index (χ0n) is 22.7. The number of rotatable bonds is 11. The Hall–Kier alpha value is -3.14. The molecule has 0 aliphatic heterocycles. The SMILES string of the molecule is CC[C@@H](C)NC(=O)[C@@H](C)N(Cc1ccccc1F)C(=O)CN(c1cc(Cl)ccc1Cl)S(=O)(=O)c1ccc(C)cc1. The smallest absolute Gasteiger partial charge is 0.264 e. The summed E-state index contributed by atoms with van der Waals surface area (Å²) < 4.78 is 43.3. The van der Waals surface area contributed by atoms with E-state index in [2.05, 4.69) is 5.32 Å². The number of nitrogens with zero attached hydrogens (tertiary/aromatic N) is 2. The lowest BCUT2D eigenvalue weighted by atomic mass is 10.1. The van der Waals surface area contributed by atoms with E-state index in [1.807, 2.05) is 20.8 Å². The molecule has 0 fully saturated rings. The summed E-state index contributed by atoms with van der Waals surface area (Å²) in [6.45, 7) is 6.08. The summed E-state index contributed by atoms with van der Waals surface area (Å²) in [4.78, 5) is 28.1. The van der Waals surface area contributed by atoms with Crippen molar-refractivity contribution in [2.45, 2.75) is 57.6 Å². The first-order chi connectivity index (χ1) is 18.8. The summed E-state index contributed by atoms with van der Waals surface area (Å²) in [5.74, 6) is -1.74. The number of halogens is 3. The van der Waals surface area contributed by atoms with Gasteiger partial charge >= 0.3 is 0 Å². The minimum Gasteiger partial charge on any atom is -0.352 e. The summed E-state index contributed by atoms with van der Waals surface area (Å²) in [5.41, 5.74) is 1.01. The summed E-state index contributed by atoms with van der Waals surface area (Å²) in [5, 5.41) is 3.09. The van der Waals surface area contributed by atoms with Crippen molar-refractivity contribution in [3.05, 3.63) is 93.7 Å². The number of nitrogens with one attached hydrogen (secondary N) is 1. The van der Waals surface area contributed by atoms with E-state index in [0.29, 0.717) is 6.42 Å². The lowest BCUT2D eigenvalue weighted by Crippen LogP contribution is -2.52. The van der Waals surface area contributed by atoms with Crippen LogP contribution in [0.2, 0.25) is 10.0 Å². The Morgan fingerprint density at radius 3 is 2.27 bits per heavy atom. The topological polar surface area (TPSA) is 86.8 Å². The molecule has 0 heterocycles. The van der Waals surface area contributed by atoms with E-state index in [0.717, 1.165) is 14.8 Å². The number of carbonyl (C=O) groups is 2. The number of anilines is 1. The van der Waals surface area contributed by atoms with Crippen LogP contribution in [0.5, 0.6) is 0 Å². The maximum absolute atomic E-state index is 14.6. The first-order valence-corrected chi connectivity index (χ1v) is 14.9. The van der Waals surface area contributed by atoms with Crippen molar-refractivity contribution < 1.29 is 22.4 Å². The molecule has 214 valence electrons. The predicted molar refractivity (Wildman–Crippen MR) is 156 cm³/mol. The molecular weight excluding hydrogens is 576 g/mol. The Morgan fingerprint density at radius 2 is 1.65 bits per heavy atom. The second-order valence-corrected chi connectivity index (χ2v) is 12.2. The molecule has 0 saturated heterocycles. The van der Waals surface area contributed by atoms with Crippen LogP contribution in [0.1, 0.15) is 38.3 Å². The van der Waals surface area contributed by atoms with Gasteiger partial charge in [-0.15, -0.1) is 0 Å². The normalized spacial score (nSPS) is 12.9. The number of hydrogen-bond acceptors (Lipinski definition) is 4. The molecule has 1 N–H and O–H groups in total. The number of amides is 2. The maximum atomic E-state index is 14.6. The Morgan fingerprint density at radius 1 is 1.00 bits per heavy atom. The molecule has 2 amide bonds. The summed E-state index contributed by atoms with van der Waals surface area (Å²) in [6.07, 6.45) is 0.662. The van der Waals surface area contributed by atoms with Gasteiger partial charge in [0.2, 0.25) is 11.8 Å². The highest BCUT2D eigenvalue weighted by atomic mass is 35.5. The molecule has 0 aliphatic carbocycles. The van der Waals surface area contributed by atoms with Gasteiger partial charge in [0.05, 0.1) is 15.6 Å². The number of benzene rings is 3. The fourth-order valence-electron chi connectivity index (χ4n) is 3.89. The quantitative estimate of drug-likeness (QED) is 0.291. The number of hydrogen-bond donors (Lipinski definition) is 1. The second kappa shape index (κ2) is 13.5. The lowest BCUT2D eigenvalue weighted by Gasteiger charge is -2.32. The summed E-state index contributed by atoms with van der Waals surface area (Å²) in [6, 6.07) is 15.1. The third kappa shape index (κ3) is 7.53. The van der Waals surface area contributed by atoms with Crippen LogP contribution in [0.4, 0.5) is 10.1 Å². The number of aryl methyl sites for hydroxylation is 1. The van der Waals surface area contributed by atoms with Crippen molar-refractivity contribution in [3.8, 4) is 0 Å². The van der Waals surface area contributed by atoms with E-state index in [4.69, 9.17) is 23.2 Å². The zero-order chi connectivity index (χ0) is 29.6. The van der Waals surface area contributed by atoms with E-state index < -0.39 is 40.2 Å². The minimum absolute atomic E-state index is 0.00866. The first kappa shape index (κ1) is 31.4. The van der Waals surface area contributed by atoms with Gasteiger partial charge in [-0.3, -0.25) is 13.9 Å². The van der Waals surface area contributed by atoms with Crippen molar-refractivity contribution in [2.75, 3.05) is 10.8 Å². The van der Waals surface area contributed by atoms with E-state index in [1.54, 1.807) is 18.2 Å². The maximum Gasteiger partial charge on any atom is 0.264 e. The van der Waals surface area contributed by atoms with Gasteiger partial charge in [-0.2, -0.15) is 0 Å². The third-order valence-corrected chi connectivity index (χ3v) is 8.86. The second-order valence-electron chi connectivity index (χ2n) is 9.53. The Labute approximate surface area is 244 Å². The van der Waals surface area contributed by atoms with Crippen LogP contribution in [-0.4, -0.2) is 43.8 Å². The molecule has 40 heavy (non-hydrogen) atoms. The molecule has 0 saturated carbocycles. The van der Waals surface area contributed by atoms with Gasteiger partial charge < -0.3 is 10.2 Å². The molecule has 0 unspecified atom stereocenters. The fraction of sp³-hybridized carbons (Fsp3) is 0.310. The standard InChI is InChI=1S/C29H32Cl2FN3O4S/c1-5-20(3)33-29(37)21(4)34(17-22-8-6-7-9-26(22)32)28(36)18-35(27-16-23(30)12-15-25(27)31)40(38,39)24-13-10-19(2)11-14-24/h6-16,20-21H,5,17-18H2,1-4H3,(H,33,37)/t20-,21-/m1/s1. The Balaban J connectivity index is 2.08. The molecule has 0 aromatic heterocycles. The monoisotopic (exact) mass is 607 g/mol. The van der Waals surface area contributed by atoms with Gasteiger partial charge in [-0.05, 0) is 63.6 Å². The highest BCUT2D eigenvalue weighted by Gasteiger charge is 2.34. The molecule has 2 atom stereocenters. The Kier molecular flexibility index (Phi) is 10.6. The van der Waals surface area contributed by atoms with Crippen LogP contribution >= 0.6 is 23.2 Å². The molecule has 7 nitrogen and oxygen atoms in total. The van der Waals surface area contributed by atoms with Crippen molar-refractivity contribution in [3.63, 3.8) is 0 Å². The molecule has 3 aromatic carbocycles. The number of sulfonamides is 1. The van der Waals surface area contributed by atoms with Crippen LogP contribution < -0.4 is 9.62 Å². The van der Waals surface area contributed by atoms with Gasteiger partial charge in [0.25, 0.3) is 10.0 Å². The van der Waals surface area contributed by atoms with E-state index >= 15 is 0 Å². The molecule has 11 heteroatoms. The fourth-order valence-corrected chi connectivity index (χ4v) is 5.75. The van der Waals surface area contributed by atoms with E-state index in [-0.39, 0.29) is 38.8 Å². The van der Waals surface area contributed by atoms with Gasteiger partial charge in [0, 0.05) is 23.2 Å². The van der Waals surface area contributed by atoms with Crippen LogP contribution in [0, 0.1) is 12.7 Å². The van der Waals surface area contributed by atoms with E-state index in [9.17, 15) is 22.4 Å². The highest BCUT2D eigenvalue weighted by Crippen LogP contribution is 2.33. The van der Waals surface area contributed by atoms with Gasteiger partial charge in [-0.25, -0.2) is 12.8 Å². The first-order valence-electron chi connectivity index (χ1n) is 12.7. The molecular formula is C29H32Cl2FN3O4S. The lowest BCUT2D eigenvalue weighted by molar-refractivity contribution is -0.139. The van der Waals surface area contributed by atoms with E-state index in [1.165, 1.54) is 55.5 Å². The molecule has 0 spiro atoms. The minimum atomic E-state index is -4.32. The van der Waals surface area contributed by atoms with Crippen molar-refractivity contribution in [1.29, 1.82) is 0 Å². The van der Waals surface area contributed by atoms with Gasteiger partial charge in [0.1, 0.15) is 18.4 Å². The summed E-state index contributed by atoms with van der Waals surface area (Å²) >= 11 is 12.6. The van der Waals surface area contributed by atoms with Gasteiger partial charge in [0.15, 0.2) is 0 Å². The molecule has 0 bridgehead atoms. The van der Waals surface area contributed by atoms with Crippen LogP contribution in [0.25, 0.3) is 0 Å². The van der Waals surface area contributed by atoms with Crippen molar-refractivity contribution in [1.82, 2.24) is 10.2 Å². The molecule has 0 radical (unpaired) electrons. The average molecular weight is 609 g/mol. The highest BCUT2D eigenvalue weighted by molar-refractivity contribution is 7.92. The molecule has 3 aromatic rings. The molecule has 0 aliphatic rings. The summed E-state index contributed by atoms with van der Waals surface area (Å²) in [7, 11) is -4.32. The zero-order valence-corrected chi connectivity index (χ0v) is 25.0. The third-order valence-electron chi connectivity index (χ3n) is 6.53. The van der Waals surface area contributed by atoms with Crippen molar-refractivity contribution in [2.24, 2.45) is 0 Å². The Bertz CT molecular complexity index is 1470.